The maximum Gasteiger partial charge on any atom is 0.0830 e. The van der Waals surface area contributed by atoms with Crippen molar-refractivity contribution in [3.8, 4) is 90.1 Å². The average Bonchev–Trinajstić information content (AvgIpc) is 0.795. The molecule has 0 N–H and O–H groups in total. The zero-order chi connectivity index (χ0) is 103. The van der Waals surface area contributed by atoms with Gasteiger partial charge >= 0.3 is 105 Å². The third kappa shape index (κ3) is 31.8. The maximum absolute atomic E-state index is 7.95. The maximum atomic E-state index is 7.95. The summed E-state index contributed by atoms with van der Waals surface area (Å²) in [5.74, 6) is 5.73. The van der Waals surface area contributed by atoms with Crippen LogP contribution in [0.2, 0.25) is 17.3 Å². The van der Waals surface area contributed by atoms with Gasteiger partial charge in [0.15, 0.2) is 0 Å². The molecule has 0 saturated carbocycles. The average molecular weight is 2470 g/mol. The molecule has 8 nitrogen and oxygen atoms in total. The van der Waals surface area contributed by atoms with E-state index in [1.165, 1.54) is 171 Å². The van der Waals surface area contributed by atoms with Crippen LogP contribution in [0.1, 0.15) is 162 Å². The molecule has 1 unspecified atom stereocenters. The van der Waals surface area contributed by atoms with Gasteiger partial charge in [-0.2, -0.15) is 0 Å². The molecule has 128 heavy (non-hydrogen) atoms. The number of aryl methyl sites for hydroxylation is 6. The number of fused-ring (bicyclic) bond motifs is 4. The predicted octanol–water partition coefficient (Wildman–Crippen LogP) is 26.8. The van der Waals surface area contributed by atoms with E-state index in [0.29, 0.717) is 45.3 Å². The van der Waals surface area contributed by atoms with E-state index in [1.807, 2.05) is 110 Å². The molecule has 8 heterocycles. The number of benzene rings is 8. The normalized spacial score (nSPS) is 15.0. The van der Waals surface area contributed by atoms with Gasteiger partial charge in [0.2, 0.25) is 0 Å². The smallest absolute Gasteiger partial charge is 0.0830 e. The molecule has 4 radical (unpaired) electrons. The van der Waals surface area contributed by atoms with Gasteiger partial charge in [0.05, 0.1) is 5.48 Å². The predicted molar refractivity (Wildman–Crippen MR) is 515 cm³/mol. The molecule has 4 aliphatic rings. The van der Waals surface area contributed by atoms with Crippen LogP contribution in [0.3, 0.4) is 0 Å². The van der Waals surface area contributed by atoms with Crippen LogP contribution in [0.5, 0.6) is 0 Å². The molecule has 660 valence electrons. The fraction of sp³-hybridized carbons (Fsp3) is 0.235. The van der Waals surface area contributed by atoms with Gasteiger partial charge in [-0.3, -0.25) is 0 Å². The first-order valence-corrected chi connectivity index (χ1v) is 49.8. The van der Waals surface area contributed by atoms with Gasteiger partial charge in [0.1, 0.15) is 0 Å². The summed E-state index contributed by atoms with van der Waals surface area (Å²) in [4.78, 5) is 34.8. The SMILES string of the molecule is [2H]c1[c-]c(-c2cc[c]([Ge]([CH3])([CH3])[CH3])cn2)c([2H])c([2H])c1[2H].[2H]c1[c-]c(-c2ccc(CC(C)C)cn2)c([2H])c([2H])c1[2H].[2H]c1[c-]c(-c2ccc(CC([2H])(C)C([2H])([2H])[2H])cn2)c([2H])c([2H])c1[2H].[2H]c1nc(-c2[c-]cccc2)c([2H])c([2H])c1[2H].[Ir].[Ir].[Ir].[Ir].[c-]1ccccc1-c1cc2c(cn1)CCCC2.[c-]1ccccc1-c1cc2c(cn1)CCCC2.[c-]1ccccc1-c1nccc2c1CCCC2.[c-]1ccccc1-c1nccc2c1CCCC2. The monoisotopic (exact) mass is 2470 g/mol. The summed E-state index contributed by atoms with van der Waals surface area (Å²) < 4.78 is 153. The Morgan fingerprint density at radius 1 is 0.328 bits per heavy atom. The van der Waals surface area contributed by atoms with E-state index in [2.05, 4.69) is 180 Å². The summed E-state index contributed by atoms with van der Waals surface area (Å²) in [6.07, 6.45) is 33.6. The molecule has 0 aliphatic heterocycles. The van der Waals surface area contributed by atoms with Crippen LogP contribution in [0.15, 0.2) is 322 Å². The minimum atomic E-state index is -2.42. The largest absolute Gasteiger partial charge is 0.305 e. The van der Waals surface area contributed by atoms with Crippen molar-refractivity contribution in [1.82, 2.24) is 39.9 Å². The topological polar surface area (TPSA) is 103 Å². The summed E-state index contributed by atoms with van der Waals surface area (Å²) in [6, 6.07) is 79.0. The number of pyridine rings is 8. The minimum absolute atomic E-state index is 0. The first-order valence-electron chi connectivity index (χ1n) is 52.5. The van der Waals surface area contributed by atoms with Gasteiger partial charge in [0, 0.05) is 135 Å². The van der Waals surface area contributed by atoms with Crippen molar-refractivity contribution < 1.29 is 108 Å². The van der Waals surface area contributed by atoms with Crippen LogP contribution < -0.4 is 4.40 Å². The van der Waals surface area contributed by atoms with Crippen LogP contribution in [-0.4, -0.2) is 53.1 Å². The Bertz CT molecular complexity index is 6860. The molecule has 0 saturated heterocycles. The van der Waals surface area contributed by atoms with Crippen LogP contribution in [-0.2, 0) is 145 Å². The Labute approximate surface area is 847 Å². The van der Waals surface area contributed by atoms with E-state index < -0.39 is 26.0 Å². The minimum Gasteiger partial charge on any atom is -0.305 e. The van der Waals surface area contributed by atoms with E-state index in [-0.39, 0.29) is 195 Å². The number of hydrogen-bond donors (Lipinski definition) is 0. The molecular weight excluding hydrogens is 2330 g/mol. The summed E-state index contributed by atoms with van der Waals surface area (Å²) >= 11 is -1.92. The van der Waals surface area contributed by atoms with Crippen LogP contribution in [0.4, 0.5) is 0 Å². The fourth-order valence-corrected chi connectivity index (χ4v) is 16.8. The van der Waals surface area contributed by atoms with Gasteiger partial charge in [0.25, 0.3) is 0 Å². The third-order valence-corrected chi connectivity index (χ3v) is 25.2. The van der Waals surface area contributed by atoms with Crippen molar-refractivity contribution >= 4 is 17.7 Å². The van der Waals surface area contributed by atoms with Crippen molar-refractivity contribution in [3.05, 3.63) is 426 Å². The van der Waals surface area contributed by atoms with E-state index in [4.69, 9.17) is 27.4 Å². The summed E-state index contributed by atoms with van der Waals surface area (Å²) in [6.45, 7) is 3.19. The van der Waals surface area contributed by atoms with E-state index in [1.54, 1.807) is 42.6 Å². The molecule has 0 bridgehead atoms. The number of aromatic nitrogens is 8. The molecular formula is C115H112GeIr4N8-8. The van der Waals surface area contributed by atoms with Crippen LogP contribution >= 0.6 is 0 Å². The van der Waals surface area contributed by atoms with Crippen molar-refractivity contribution in [1.29, 1.82) is 0 Å². The Morgan fingerprint density at radius 2 is 0.695 bits per heavy atom. The van der Waals surface area contributed by atoms with Crippen molar-refractivity contribution in [3.63, 3.8) is 0 Å². The van der Waals surface area contributed by atoms with E-state index >= 15 is 0 Å². The summed E-state index contributed by atoms with van der Waals surface area (Å²) in [7, 11) is 0. The quantitative estimate of drug-likeness (QED) is 0.0831. The van der Waals surface area contributed by atoms with Crippen LogP contribution in [0, 0.1) is 60.3 Å². The van der Waals surface area contributed by atoms with Crippen molar-refractivity contribution in [2.45, 2.75) is 160 Å². The molecule has 1 atom stereocenters. The third-order valence-electron chi connectivity index (χ3n) is 21.0. The number of hydrogen-bond acceptors (Lipinski definition) is 8. The zero-order valence-electron chi connectivity index (χ0n) is 92.6. The zero-order valence-corrected chi connectivity index (χ0v) is 84.3. The Morgan fingerprint density at radius 3 is 1.07 bits per heavy atom. The Hall–Kier alpha value is -9.90. The molecule has 0 spiro atoms. The standard InChI is InChI=1S/4C15H14N.2C15H16N.C14H16GeN.C11H8N.4Ir/c2*1-2-7-13(8-3-1)15-14-9-5-4-6-12(14)10-11-16-15;2*1-2-6-12(7-3-1)15-10-13-8-4-5-9-14(13)11-16-15;2*1-12(2)10-13-8-9-15(16-11-13)14-6-4-3-5-7-14;1-15(2,3)13-9-10-14(16-11-13)12-7-5-4-6-8-12;1-2-6-10(7-3-1)11-8-4-5-9-12-11;;;;/h2*1-3,7,10-11H,4-6,9H2;2*1-3,6,10-11H,4-5,8-9H2;2*3-6,8-9,11-12H,10H2,1-2H3;4-7,9-11H,1-3H3;1-6,8-9H;;;;/q8*-1;;;;/i;;;;1D3,3D,4D,5D,6D,12D;3D,4D,5D,6D;4D,5D,6D,7D;4D,5D,8D,9D;;;;. The van der Waals surface area contributed by atoms with Crippen molar-refractivity contribution in [2.75, 3.05) is 0 Å². The number of nitrogens with zero attached hydrogens (tertiary/aromatic N) is 8. The molecule has 4 aliphatic carbocycles. The fourth-order valence-electron chi connectivity index (χ4n) is 14.7. The van der Waals surface area contributed by atoms with Crippen LogP contribution in [0.25, 0.3) is 90.1 Å². The first-order chi connectivity index (χ1) is 68.9. The summed E-state index contributed by atoms with van der Waals surface area (Å²) in [5, 5.41) is 0. The second-order valence-corrected chi connectivity index (χ2v) is 42.4. The second kappa shape index (κ2) is 54.6. The van der Waals surface area contributed by atoms with Gasteiger partial charge in [-0.1, -0.05) is 109 Å². The second-order valence-electron chi connectivity index (χ2n) is 31.8. The van der Waals surface area contributed by atoms with E-state index in [0.717, 1.165) is 57.0 Å². The Balaban J connectivity index is 0.000000188. The molecule has 0 fully saturated rings. The molecule has 13 heteroatoms. The molecule has 8 aromatic carbocycles. The number of rotatable bonds is 13. The van der Waals surface area contributed by atoms with Crippen molar-refractivity contribution in [2.24, 2.45) is 11.8 Å². The molecule has 20 rings (SSSR count). The van der Waals surface area contributed by atoms with Gasteiger partial charge in [-0.05, 0) is 213 Å². The first kappa shape index (κ1) is 75.9. The van der Waals surface area contributed by atoms with Gasteiger partial charge in [-0.25, -0.2) is 0 Å². The summed E-state index contributed by atoms with van der Waals surface area (Å²) in [5.41, 5.74) is 25.1. The molecule has 16 aromatic rings. The van der Waals surface area contributed by atoms with Gasteiger partial charge in [-0.15, -0.1) is 251 Å². The van der Waals surface area contributed by atoms with Gasteiger partial charge < -0.3 is 34.9 Å². The molecule has 8 aromatic heterocycles. The van der Waals surface area contributed by atoms with E-state index in [9.17, 15) is 0 Å². The molecule has 0 amide bonds. The Kier molecular flexibility index (Phi) is 32.3.